The smallest absolute Gasteiger partial charge is 0.0351 e. The zero-order valence-electron chi connectivity index (χ0n) is 19.4. The van der Waals surface area contributed by atoms with Crippen LogP contribution in [0.5, 0.6) is 0 Å². The van der Waals surface area contributed by atoms with Gasteiger partial charge in [0.05, 0.1) is 0 Å². The van der Waals surface area contributed by atoms with E-state index in [0.717, 1.165) is 0 Å². The van der Waals surface area contributed by atoms with Crippen molar-refractivity contribution in [2.75, 3.05) is 0 Å². The molecule has 0 amide bonds. The molecule has 0 aliphatic carbocycles. The van der Waals surface area contributed by atoms with E-state index in [1.165, 1.54) is 148 Å². The molecule has 0 heteroatoms. The largest absolute Gasteiger partial charge is 0.0917 e. The Morgan fingerprint density at radius 1 is 0.370 bits per heavy atom. The SMILES string of the molecule is C/C=C/CCCCCCCCCCCCCCCCCCCCCCCC. The van der Waals surface area contributed by atoms with E-state index in [4.69, 9.17) is 0 Å². The minimum Gasteiger partial charge on any atom is -0.0917 e. The summed E-state index contributed by atoms with van der Waals surface area (Å²) in [5, 5.41) is 0. The summed E-state index contributed by atoms with van der Waals surface area (Å²) in [5.74, 6) is 0. The molecule has 0 atom stereocenters. The number of hydrogen-bond donors (Lipinski definition) is 0. The van der Waals surface area contributed by atoms with Crippen LogP contribution in [0.25, 0.3) is 0 Å². The van der Waals surface area contributed by atoms with Crippen LogP contribution in [-0.2, 0) is 0 Å². The van der Waals surface area contributed by atoms with Crippen LogP contribution in [0.2, 0.25) is 0 Å². The van der Waals surface area contributed by atoms with Crippen molar-refractivity contribution in [2.45, 2.75) is 162 Å². The first-order chi connectivity index (χ1) is 13.4. The Labute approximate surface area is 174 Å². The molecule has 0 aromatic carbocycles. The lowest BCUT2D eigenvalue weighted by Gasteiger charge is -2.04. The van der Waals surface area contributed by atoms with Crippen molar-refractivity contribution < 1.29 is 0 Å². The van der Waals surface area contributed by atoms with Gasteiger partial charge in [0, 0.05) is 0 Å². The van der Waals surface area contributed by atoms with Crippen molar-refractivity contribution in [1.82, 2.24) is 0 Å². The molecule has 162 valence electrons. The van der Waals surface area contributed by atoms with Gasteiger partial charge in [0.2, 0.25) is 0 Å². The number of rotatable bonds is 23. The van der Waals surface area contributed by atoms with Gasteiger partial charge >= 0.3 is 0 Å². The highest BCUT2D eigenvalue weighted by atomic mass is 14.0. The van der Waals surface area contributed by atoms with Gasteiger partial charge in [-0.1, -0.05) is 154 Å². The van der Waals surface area contributed by atoms with Crippen molar-refractivity contribution in [3.05, 3.63) is 12.2 Å². The Bertz CT molecular complexity index is 265. The maximum Gasteiger partial charge on any atom is -0.0351 e. The van der Waals surface area contributed by atoms with Gasteiger partial charge in [0.25, 0.3) is 0 Å². The molecule has 0 fully saturated rings. The predicted octanol–water partition coefficient (Wildman–Crippen LogP) is 10.6. The van der Waals surface area contributed by atoms with Gasteiger partial charge < -0.3 is 0 Å². The topological polar surface area (TPSA) is 0 Å². The molecule has 0 nitrogen and oxygen atoms in total. The van der Waals surface area contributed by atoms with E-state index >= 15 is 0 Å². The molecular weight excluding hydrogens is 324 g/mol. The van der Waals surface area contributed by atoms with Crippen molar-refractivity contribution in [3.8, 4) is 0 Å². The van der Waals surface area contributed by atoms with Gasteiger partial charge in [-0.15, -0.1) is 0 Å². The number of unbranched alkanes of at least 4 members (excludes halogenated alkanes) is 22. The van der Waals surface area contributed by atoms with Crippen molar-refractivity contribution >= 4 is 0 Å². The fourth-order valence-corrected chi connectivity index (χ4v) is 4.04. The third-order valence-corrected chi connectivity index (χ3v) is 5.96. The fourth-order valence-electron chi connectivity index (χ4n) is 4.04. The number of allylic oxidation sites excluding steroid dienone is 2. The summed E-state index contributed by atoms with van der Waals surface area (Å²) in [4.78, 5) is 0. The van der Waals surface area contributed by atoms with Crippen LogP contribution in [-0.4, -0.2) is 0 Å². The maximum absolute atomic E-state index is 2.30. The minimum absolute atomic E-state index is 1.29. The normalized spacial score (nSPS) is 11.6. The maximum atomic E-state index is 2.30. The van der Waals surface area contributed by atoms with E-state index in [0.29, 0.717) is 0 Å². The Hall–Kier alpha value is -0.260. The highest BCUT2D eigenvalue weighted by Gasteiger charge is 1.95. The second-order valence-electron chi connectivity index (χ2n) is 8.78. The van der Waals surface area contributed by atoms with Crippen LogP contribution in [0.1, 0.15) is 162 Å². The van der Waals surface area contributed by atoms with Gasteiger partial charge in [-0.2, -0.15) is 0 Å². The zero-order valence-corrected chi connectivity index (χ0v) is 19.4. The molecule has 0 saturated heterocycles. The molecule has 0 aromatic rings. The lowest BCUT2D eigenvalue weighted by Crippen LogP contribution is -1.84. The van der Waals surface area contributed by atoms with E-state index in [1.807, 2.05) is 0 Å². The molecule has 0 unspecified atom stereocenters. The molecular formula is C27H54. The van der Waals surface area contributed by atoms with Gasteiger partial charge in [0.1, 0.15) is 0 Å². The zero-order chi connectivity index (χ0) is 19.7. The minimum atomic E-state index is 1.29. The first-order valence-electron chi connectivity index (χ1n) is 13.0. The summed E-state index contributed by atoms with van der Waals surface area (Å²) in [6.07, 6.45) is 38.1. The van der Waals surface area contributed by atoms with Gasteiger partial charge in [-0.3, -0.25) is 0 Å². The average molecular weight is 379 g/mol. The van der Waals surface area contributed by atoms with Crippen LogP contribution in [0, 0.1) is 0 Å². The van der Waals surface area contributed by atoms with Crippen LogP contribution >= 0.6 is 0 Å². The molecule has 0 radical (unpaired) electrons. The lowest BCUT2D eigenvalue weighted by atomic mass is 10.0. The summed E-state index contributed by atoms with van der Waals surface area (Å²) in [5.41, 5.74) is 0. The van der Waals surface area contributed by atoms with Gasteiger partial charge in [-0.05, 0) is 19.8 Å². The van der Waals surface area contributed by atoms with Crippen molar-refractivity contribution in [2.24, 2.45) is 0 Å². The summed E-state index contributed by atoms with van der Waals surface area (Å²) in [6, 6.07) is 0. The molecule has 0 spiro atoms. The Kier molecular flexibility index (Phi) is 25.5. The Morgan fingerprint density at radius 3 is 0.889 bits per heavy atom. The average Bonchev–Trinajstić information content (AvgIpc) is 2.68. The molecule has 0 bridgehead atoms. The van der Waals surface area contributed by atoms with E-state index in [2.05, 4.69) is 26.0 Å². The molecule has 0 rings (SSSR count). The van der Waals surface area contributed by atoms with Gasteiger partial charge in [0.15, 0.2) is 0 Å². The second kappa shape index (κ2) is 25.7. The van der Waals surface area contributed by atoms with E-state index < -0.39 is 0 Å². The van der Waals surface area contributed by atoms with E-state index in [1.54, 1.807) is 0 Å². The monoisotopic (exact) mass is 378 g/mol. The van der Waals surface area contributed by atoms with Crippen LogP contribution in [0.4, 0.5) is 0 Å². The van der Waals surface area contributed by atoms with E-state index in [9.17, 15) is 0 Å². The van der Waals surface area contributed by atoms with Gasteiger partial charge in [-0.25, -0.2) is 0 Å². The molecule has 0 aromatic heterocycles. The molecule has 27 heavy (non-hydrogen) atoms. The predicted molar refractivity (Wildman–Crippen MR) is 127 cm³/mol. The third-order valence-electron chi connectivity index (χ3n) is 5.96. The second-order valence-corrected chi connectivity index (χ2v) is 8.78. The van der Waals surface area contributed by atoms with E-state index in [-0.39, 0.29) is 0 Å². The quantitative estimate of drug-likeness (QED) is 0.122. The molecule has 0 aliphatic heterocycles. The lowest BCUT2D eigenvalue weighted by molar-refractivity contribution is 0.519. The fraction of sp³-hybridized carbons (Fsp3) is 0.926. The molecule has 0 N–H and O–H groups in total. The summed E-state index contributed by atoms with van der Waals surface area (Å²) < 4.78 is 0. The van der Waals surface area contributed by atoms with Crippen molar-refractivity contribution in [3.63, 3.8) is 0 Å². The van der Waals surface area contributed by atoms with Crippen LogP contribution < -0.4 is 0 Å². The molecule has 0 heterocycles. The Morgan fingerprint density at radius 2 is 0.630 bits per heavy atom. The molecule has 0 saturated carbocycles. The van der Waals surface area contributed by atoms with Crippen LogP contribution in [0.3, 0.4) is 0 Å². The van der Waals surface area contributed by atoms with Crippen molar-refractivity contribution in [1.29, 1.82) is 0 Å². The van der Waals surface area contributed by atoms with Crippen LogP contribution in [0.15, 0.2) is 12.2 Å². The first-order valence-corrected chi connectivity index (χ1v) is 13.0. The standard InChI is InChI=1S/C27H54/c1-3-5-7-9-11-13-15-17-19-21-23-25-27-26-24-22-20-18-16-14-12-10-8-6-4-2/h3,5H,4,6-27H2,1-2H3/b5-3+. The molecule has 0 aliphatic rings. The Balaban J connectivity index is 2.97. The summed E-state index contributed by atoms with van der Waals surface area (Å²) in [7, 11) is 0. The summed E-state index contributed by atoms with van der Waals surface area (Å²) >= 11 is 0. The summed E-state index contributed by atoms with van der Waals surface area (Å²) in [6.45, 7) is 4.43. The first kappa shape index (κ1) is 26.7. The number of hydrogen-bond acceptors (Lipinski definition) is 0. The highest BCUT2D eigenvalue weighted by molar-refractivity contribution is 4.76. The highest BCUT2D eigenvalue weighted by Crippen LogP contribution is 2.15. The third kappa shape index (κ3) is 25.7.